The van der Waals surface area contributed by atoms with Crippen LogP contribution in [0, 0.1) is 24.9 Å². The maximum Gasteiger partial charge on any atom is 0.410 e. The van der Waals surface area contributed by atoms with Crippen molar-refractivity contribution in [2.45, 2.75) is 52.7 Å². The highest BCUT2D eigenvalue weighted by Gasteiger charge is 2.26. The number of rotatable bonds is 5. The maximum absolute atomic E-state index is 11.8. The number of nitrogens with zero attached hydrogens (tertiary/aromatic N) is 4. The quantitative estimate of drug-likeness (QED) is 0.291. The molecule has 2 aliphatic heterocycles. The van der Waals surface area contributed by atoms with Gasteiger partial charge in [0.1, 0.15) is 23.9 Å². The van der Waals surface area contributed by atoms with Gasteiger partial charge in [-0.25, -0.2) is 9.59 Å². The first-order valence-corrected chi connectivity index (χ1v) is 14.0. The number of piperazine rings is 2. The molecule has 0 aliphatic carbocycles. The molecule has 2 amide bonds. The first-order valence-electron chi connectivity index (χ1n) is 12.8. The summed E-state index contributed by atoms with van der Waals surface area (Å²) in [6.45, 7) is 19.4. The lowest BCUT2D eigenvalue weighted by Crippen LogP contribution is -2.50. The zero-order valence-corrected chi connectivity index (χ0v) is 25.6. The summed E-state index contributed by atoms with van der Waals surface area (Å²) in [5.74, 6) is 2.35. The standard InChI is InChI=1S/C13H22N2O3.C11H22N2O3.C3H3Br/c1-5-17-11-10-14-6-8-15(9-7-14)12(16)18-13(2,3)4;1-11(2,3)16-10(15)13-6-4-12(5-7-13)8-9-14;1-2-3-4/h1H,6-11H2,2-4H3;14H,4-9H2,1-3H3;1H,3H2. The Bertz CT molecular complexity index is 753. The SMILES string of the molecule is C#CCBr.C#COCCN1CCN(C(=O)OC(C)(C)C)CC1.CC(C)(C)OC(=O)N1CCN(CCO)CC1. The number of amides is 2. The zero-order chi connectivity index (χ0) is 29.2. The van der Waals surface area contributed by atoms with E-state index in [1.807, 2.05) is 41.5 Å². The molecule has 10 nitrogen and oxygen atoms in total. The summed E-state index contributed by atoms with van der Waals surface area (Å²) in [6.07, 6.45) is 11.4. The summed E-state index contributed by atoms with van der Waals surface area (Å²) < 4.78 is 15.5. The van der Waals surface area contributed by atoms with Gasteiger partial charge in [-0.15, -0.1) is 6.42 Å². The minimum absolute atomic E-state index is 0.173. The van der Waals surface area contributed by atoms with Crippen LogP contribution in [-0.4, -0.2) is 132 Å². The fourth-order valence-electron chi connectivity index (χ4n) is 3.34. The Kier molecular flexibility index (Phi) is 17.9. The monoisotopic (exact) mass is 602 g/mol. The predicted octanol–water partition coefficient (Wildman–Crippen LogP) is 2.69. The smallest absolute Gasteiger partial charge is 0.410 e. The summed E-state index contributed by atoms with van der Waals surface area (Å²) >= 11 is 3.01. The lowest BCUT2D eigenvalue weighted by Gasteiger charge is -2.35. The van der Waals surface area contributed by atoms with Gasteiger partial charge in [0.15, 0.2) is 0 Å². The second-order valence-corrected chi connectivity index (χ2v) is 11.2. The van der Waals surface area contributed by atoms with Gasteiger partial charge < -0.3 is 29.1 Å². The fraction of sp³-hybridized carbons (Fsp3) is 0.778. The number of hydrogen-bond donors (Lipinski definition) is 1. The van der Waals surface area contributed by atoms with Crippen molar-refractivity contribution in [1.29, 1.82) is 0 Å². The van der Waals surface area contributed by atoms with Crippen LogP contribution in [-0.2, 0) is 14.2 Å². The molecular weight excluding hydrogens is 556 g/mol. The van der Waals surface area contributed by atoms with Crippen molar-refractivity contribution < 1.29 is 28.9 Å². The van der Waals surface area contributed by atoms with Crippen molar-refractivity contribution in [1.82, 2.24) is 19.6 Å². The lowest BCUT2D eigenvalue weighted by atomic mass is 10.2. The maximum atomic E-state index is 11.8. The molecule has 0 unspecified atom stereocenters. The molecule has 2 heterocycles. The van der Waals surface area contributed by atoms with E-state index in [1.165, 1.54) is 0 Å². The molecule has 0 saturated carbocycles. The number of terminal acetylenes is 2. The summed E-state index contributed by atoms with van der Waals surface area (Å²) in [6, 6.07) is 0. The Morgan fingerprint density at radius 3 is 1.45 bits per heavy atom. The summed E-state index contributed by atoms with van der Waals surface area (Å²) in [7, 11) is 0. The number of aliphatic hydroxyl groups excluding tert-OH is 1. The van der Waals surface area contributed by atoms with E-state index < -0.39 is 11.2 Å². The number of halogens is 1. The predicted molar refractivity (Wildman–Crippen MR) is 153 cm³/mol. The molecule has 1 N–H and O–H groups in total. The lowest BCUT2D eigenvalue weighted by molar-refractivity contribution is 0.0124. The molecule has 0 bridgehead atoms. The molecule has 218 valence electrons. The Labute approximate surface area is 238 Å². The van der Waals surface area contributed by atoms with Crippen LogP contribution in [0.25, 0.3) is 0 Å². The zero-order valence-electron chi connectivity index (χ0n) is 24.0. The molecule has 0 aromatic rings. The highest BCUT2D eigenvalue weighted by atomic mass is 79.9. The van der Waals surface area contributed by atoms with Crippen LogP contribution < -0.4 is 0 Å². The van der Waals surface area contributed by atoms with Crippen LogP contribution in [0.2, 0.25) is 0 Å². The molecule has 0 atom stereocenters. The number of β-amino-alcohol motifs (C(OH)–C–C–N with tert-alkyl or cyclic N) is 1. The molecular formula is C27H47BrN4O6. The van der Waals surface area contributed by atoms with Crippen LogP contribution in [0.4, 0.5) is 9.59 Å². The summed E-state index contributed by atoms with van der Waals surface area (Å²) in [5, 5.41) is 9.46. The van der Waals surface area contributed by atoms with Crippen molar-refractivity contribution in [2.75, 3.05) is 84.0 Å². The number of carbonyl (C=O) groups is 2. The second kappa shape index (κ2) is 19.0. The number of aliphatic hydroxyl groups is 1. The minimum Gasteiger partial charge on any atom is -0.445 e. The van der Waals surface area contributed by atoms with E-state index in [0.717, 1.165) is 32.7 Å². The van der Waals surface area contributed by atoms with Gasteiger partial charge in [0.25, 0.3) is 0 Å². The normalized spacial score (nSPS) is 16.5. The average Bonchev–Trinajstić information content (AvgIpc) is 2.84. The first-order chi connectivity index (χ1) is 17.8. The van der Waals surface area contributed by atoms with Gasteiger partial charge >= 0.3 is 12.2 Å². The molecule has 0 aromatic carbocycles. The molecule has 11 heteroatoms. The van der Waals surface area contributed by atoms with Crippen LogP contribution in [0.1, 0.15) is 41.5 Å². The Morgan fingerprint density at radius 1 is 0.789 bits per heavy atom. The third-order valence-electron chi connectivity index (χ3n) is 5.13. The summed E-state index contributed by atoms with van der Waals surface area (Å²) in [5.41, 5.74) is -0.867. The topological polar surface area (TPSA) is 95.0 Å². The van der Waals surface area contributed by atoms with Crippen molar-refractivity contribution in [3.05, 3.63) is 0 Å². The highest BCUT2D eigenvalue weighted by Crippen LogP contribution is 2.12. The van der Waals surface area contributed by atoms with Gasteiger partial charge in [0, 0.05) is 65.4 Å². The third kappa shape index (κ3) is 18.1. The van der Waals surface area contributed by atoms with Crippen molar-refractivity contribution in [3.63, 3.8) is 0 Å². The molecule has 38 heavy (non-hydrogen) atoms. The van der Waals surface area contributed by atoms with Crippen LogP contribution in [0.3, 0.4) is 0 Å². The van der Waals surface area contributed by atoms with Gasteiger partial charge in [0.05, 0.1) is 11.9 Å². The second-order valence-electron chi connectivity index (χ2n) is 10.6. The van der Waals surface area contributed by atoms with Gasteiger partial charge in [-0.05, 0) is 41.5 Å². The first kappa shape index (κ1) is 35.8. The molecule has 2 rings (SSSR count). The number of hydrogen-bond acceptors (Lipinski definition) is 8. The largest absolute Gasteiger partial charge is 0.445 e. The van der Waals surface area contributed by atoms with Gasteiger partial charge in [-0.2, -0.15) is 0 Å². The van der Waals surface area contributed by atoms with Gasteiger partial charge in [-0.3, -0.25) is 9.80 Å². The average molecular weight is 604 g/mol. The Balaban J connectivity index is 0.000000635. The van der Waals surface area contributed by atoms with E-state index in [1.54, 1.807) is 9.80 Å². The molecule has 0 aromatic heterocycles. The van der Waals surface area contributed by atoms with Crippen molar-refractivity contribution in [3.8, 4) is 24.9 Å². The third-order valence-corrected chi connectivity index (χ3v) is 5.46. The Morgan fingerprint density at radius 2 is 1.16 bits per heavy atom. The van der Waals surface area contributed by atoms with Crippen LogP contribution in [0.5, 0.6) is 0 Å². The summed E-state index contributed by atoms with van der Waals surface area (Å²) in [4.78, 5) is 31.4. The van der Waals surface area contributed by atoms with Crippen LogP contribution in [0.15, 0.2) is 0 Å². The number of carbonyl (C=O) groups excluding carboxylic acids is 2. The van der Waals surface area contributed by atoms with E-state index >= 15 is 0 Å². The van der Waals surface area contributed by atoms with E-state index in [-0.39, 0.29) is 18.8 Å². The minimum atomic E-state index is -0.436. The number of ether oxygens (including phenoxy) is 3. The van der Waals surface area contributed by atoms with E-state index in [9.17, 15) is 9.59 Å². The van der Waals surface area contributed by atoms with E-state index in [4.69, 9.17) is 32.2 Å². The van der Waals surface area contributed by atoms with E-state index in [2.05, 4.69) is 37.8 Å². The molecule has 0 spiro atoms. The number of alkyl halides is 1. The molecule has 2 fully saturated rings. The van der Waals surface area contributed by atoms with Crippen LogP contribution >= 0.6 is 15.9 Å². The van der Waals surface area contributed by atoms with Gasteiger partial charge in [-0.1, -0.05) is 28.3 Å². The van der Waals surface area contributed by atoms with Crippen molar-refractivity contribution in [2.24, 2.45) is 0 Å². The molecule has 2 aliphatic rings. The fourth-order valence-corrected chi connectivity index (χ4v) is 3.34. The van der Waals surface area contributed by atoms with E-state index in [0.29, 0.717) is 44.7 Å². The van der Waals surface area contributed by atoms with Gasteiger partial charge in [0.2, 0.25) is 0 Å². The van der Waals surface area contributed by atoms with Crippen molar-refractivity contribution >= 4 is 28.1 Å². The molecule has 0 radical (unpaired) electrons. The Hall–Kier alpha value is -2.18. The molecule has 2 saturated heterocycles. The highest BCUT2D eigenvalue weighted by molar-refractivity contribution is 9.09.